The summed E-state index contributed by atoms with van der Waals surface area (Å²) < 4.78 is 13.5. The predicted molar refractivity (Wildman–Crippen MR) is 107 cm³/mol. The first kappa shape index (κ1) is 17.9. The van der Waals surface area contributed by atoms with E-state index in [0.717, 1.165) is 24.9 Å². The van der Waals surface area contributed by atoms with Crippen LogP contribution in [0, 0.1) is 11.2 Å². The Morgan fingerprint density at radius 1 is 1.04 bits per heavy atom. The highest BCUT2D eigenvalue weighted by atomic mass is 19.1. The molecule has 2 aromatic carbocycles. The second-order valence-corrected chi connectivity index (χ2v) is 8.77. The number of carbonyl (C=O) groups excluding carboxylic acids is 1. The lowest BCUT2D eigenvalue weighted by Crippen LogP contribution is -2.41. The van der Waals surface area contributed by atoms with Gasteiger partial charge in [0.25, 0.3) is 0 Å². The fourth-order valence-corrected chi connectivity index (χ4v) is 5.50. The van der Waals surface area contributed by atoms with Crippen molar-refractivity contribution in [2.24, 2.45) is 5.41 Å². The van der Waals surface area contributed by atoms with Crippen LogP contribution in [0.5, 0.6) is 0 Å². The Hall–Kier alpha value is -2.20. The number of rotatable bonds is 4. The molecule has 0 radical (unpaired) electrons. The maximum atomic E-state index is 13.5. The van der Waals surface area contributed by atoms with Crippen molar-refractivity contribution in [3.63, 3.8) is 0 Å². The Labute approximate surface area is 166 Å². The molecule has 3 aliphatic heterocycles. The third-order valence-corrected chi connectivity index (χ3v) is 7.13. The van der Waals surface area contributed by atoms with Gasteiger partial charge in [0.1, 0.15) is 5.82 Å². The molecule has 0 aliphatic carbocycles. The quantitative estimate of drug-likeness (QED) is 0.797. The molecule has 0 aromatic heterocycles. The fourth-order valence-electron chi connectivity index (χ4n) is 5.50. The van der Waals surface area contributed by atoms with E-state index in [1.54, 1.807) is 0 Å². The van der Waals surface area contributed by atoms with Crippen LogP contribution in [0.2, 0.25) is 0 Å². The Morgan fingerprint density at radius 2 is 1.79 bits per heavy atom. The Kier molecular flexibility index (Phi) is 4.47. The summed E-state index contributed by atoms with van der Waals surface area (Å²) >= 11 is 0. The molecule has 2 saturated heterocycles. The van der Waals surface area contributed by atoms with Crippen LogP contribution in [0.3, 0.4) is 0 Å². The minimum Gasteiger partial charge on any atom is -0.331 e. The first-order chi connectivity index (χ1) is 13.6. The monoisotopic (exact) mass is 378 g/mol. The van der Waals surface area contributed by atoms with Gasteiger partial charge in [-0.2, -0.15) is 0 Å². The molecule has 146 valence electrons. The van der Waals surface area contributed by atoms with Crippen LogP contribution in [0.4, 0.5) is 4.39 Å². The number of fused-ring (bicyclic) bond motifs is 3. The topological polar surface area (TPSA) is 23.6 Å². The highest BCUT2D eigenvalue weighted by Crippen LogP contribution is 2.44. The van der Waals surface area contributed by atoms with Crippen LogP contribution in [-0.4, -0.2) is 41.9 Å². The zero-order chi connectivity index (χ0) is 19.1. The third-order valence-electron chi connectivity index (χ3n) is 7.13. The van der Waals surface area contributed by atoms with Crippen LogP contribution >= 0.6 is 0 Å². The smallest absolute Gasteiger partial charge is 0.223 e. The van der Waals surface area contributed by atoms with E-state index < -0.39 is 0 Å². The summed E-state index contributed by atoms with van der Waals surface area (Å²) in [5.74, 6) is 0.000366. The predicted octanol–water partition coefficient (Wildman–Crippen LogP) is 4.18. The molecule has 0 spiro atoms. The minimum atomic E-state index is -0.239. The van der Waals surface area contributed by atoms with Crippen molar-refractivity contribution < 1.29 is 9.18 Å². The maximum Gasteiger partial charge on any atom is 0.223 e. The zero-order valence-electron chi connectivity index (χ0n) is 16.2. The van der Waals surface area contributed by atoms with Crippen molar-refractivity contribution in [1.82, 2.24) is 9.80 Å². The van der Waals surface area contributed by atoms with Gasteiger partial charge in [0.15, 0.2) is 0 Å². The average Bonchev–Trinajstić information content (AvgIpc) is 3.33. The first-order valence-corrected chi connectivity index (χ1v) is 10.5. The molecule has 3 nitrogen and oxygen atoms in total. The number of hydrogen-bond donors (Lipinski definition) is 0. The molecule has 3 aliphatic rings. The van der Waals surface area contributed by atoms with Crippen LogP contribution in [0.25, 0.3) is 0 Å². The van der Waals surface area contributed by atoms with Gasteiger partial charge in [-0.15, -0.1) is 0 Å². The molecule has 2 fully saturated rings. The summed E-state index contributed by atoms with van der Waals surface area (Å²) in [5, 5.41) is 0. The summed E-state index contributed by atoms with van der Waals surface area (Å²) in [7, 11) is 0. The molecule has 1 amide bonds. The Morgan fingerprint density at radius 3 is 2.50 bits per heavy atom. The van der Waals surface area contributed by atoms with Crippen LogP contribution in [0.1, 0.15) is 48.4 Å². The summed E-state index contributed by atoms with van der Waals surface area (Å²) in [4.78, 5) is 17.9. The van der Waals surface area contributed by atoms with Gasteiger partial charge in [0, 0.05) is 19.5 Å². The standard InChI is InChI=1S/C24H27FN2O/c25-20-7-5-19(6-8-20)23-21-4-2-1-3-18(21)10-14-27(23)22(28)9-11-24-12-15-26(17-24)16-13-24/h1-8,23H,9-17H2/t23-/m0/s1. The summed E-state index contributed by atoms with van der Waals surface area (Å²) in [6.07, 6.45) is 4.98. The molecule has 2 bridgehead atoms. The number of hydrogen-bond acceptors (Lipinski definition) is 2. The Balaban J connectivity index is 1.40. The van der Waals surface area contributed by atoms with Crippen molar-refractivity contribution in [3.8, 4) is 0 Å². The molecule has 5 rings (SSSR count). The molecule has 28 heavy (non-hydrogen) atoms. The number of nitrogens with zero attached hydrogens (tertiary/aromatic N) is 2. The number of piperidine rings is 1. The molecule has 3 heterocycles. The Bertz CT molecular complexity index is 870. The van der Waals surface area contributed by atoms with E-state index in [-0.39, 0.29) is 17.8 Å². The number of benzene rings is 2. The molecular weight excluding hydrogens is 351 g/mol. The van der Waals surface area contributed by atoms with Gasteiger partial charge in [0.2, 0.25) is 5.91 Å². The van der Waals surface area contributed by atoms with Gasteiger partial charge in [0.05, 0.1) is 6.04 Å². The van der Waals surface area contributed by atoms with Gasteiger partial charge in [-0.25, -0.2) is 4.39 Å². The fraction of sp³-hybridized carbons (Fsp3) is 0.458. The zero-order valence-corrected chi connectivity index (χ0v) is 16.2. The van der Waals surface area contributed by atoms with Gasteiger partial charge in [-0.05, 0) is 73.0 Å². The molecular formula is C24H27FN2O. The SMILES string of the molecule is O=C(CCC12CCN(CC1)C2)N1CCc2ccccc2[C@@H]1c1ccc(F)cc1. The lowest BCUT2D eigenvalue weighted by Gasteiger charge is -2.38. The van der Waals surface area contributed by atoms with Gasteiger partial charge >= 0.3 is 0 Å². The number of halogens is 1. The molecule has 1 atom stereocenters. The van der Waals surface area contributed by atoms with Crippen molar-refractivity contribution in [2.75, 3.05) is 26.2 Å². The van der Waals surface area contributed by atoms with E-state index in [2.05, 4.69) is 23.1 Å². The molecule has 0 unspecified atom stereocenters. The summed E-state index contributed by atoms with van der Waals surface area (Å²) in [5.41, 5.74) is 3.84. The van der Waals surface area contributed by atoms with Crippen LogP contribution in [0.15, 0.2) is 48.5 Å². The van der Waals surface area contributed by atoms with Crippen molar-refractivity contribution in [2.45, 2.75) is 38.1 Å². The van der Waals surface area contributed by atoms with Crippen molar-refractivity contribution in [1.29, 1.82) is 0 Å². The van der Waals surface area contributed by atoms with Gasteiger partial charge in [-0.1, -0.05) is 36.4 Å². The summed E-state index contributed by atoms with van der Waals surface area (Å²) in [6.45, 7) is 4.30. The normalized spacial score (nSPS) is 28.4. The second kappa shape index (κ2) is 7.00. The summed E-state index contributed by atoms with van der Waals surface area (Å²) in [6, 6.07) is 14.9. The largest absolute Gasteiger partial charge is 0.331 e. The maximum absolute atomic E-state index is 13.5. The molecule has 4 heteroatoms. The second-order valence-electron chi connectivity index (χ2n) is 8.77. The van der Waals surface area contributed by atoms with Crippen molar-refractivity contribution in [3.05, 3.63) is 71.0 Å². The average molecular weight is 378 g/mol. The van der Waals surface area contributed by atoms with Gasteiger partial charge in [-0.3, -0.25) is 4.79 Å². The lowest BCUT2D eigenvalue weighted by atomic mass is 9.80. The molecule has 0 N–H and O–H groups in total. The van der Waals surface area contributed by atoms with Gasteiger partial charge < -0.3 is 9.80 Å². The van der Waals surface area contributed by atoms with Crippen LogP contribution in [-0.2, 0) is 11.2 Å². The lowest BCUT2D eigenvalue weighted by molar-refractivity contribution is -0.133. The minimum absolute atomic E-state index is 0.112. The third kappa shape index (κ3) is 3.14. The van der Waals surface area contributed by atoms with Crippen molar-refractivity contribution >= 4 is 5.91 Å². The van der Waals surface area contributed by atoms with E-state index in [1.807, 2.05) is 23.1 Å². The first-order valence-electron chi connectivity index (χ1n) is 10.5. The van der Waals surface area contributed by atoms with E-state index in [1.165, 1.54) is 55.7 Å². The number of amides is 1. The number of carbonyl (C=O) groups is 1. The highest BCUT2D eigenvalue weighted by Gasteiger charge is 2.43. The van der Waals surface area contributed by atoms with E-state index in [4.69, 9.17) is 0 Å². The van der Waals surface area contributed by atoms with E-state index in [0.29, 0.717) is 11.8 Å². The van der Waals surface area contributed by atoms with E-state index in [9.17, 15) is 9.18 Å². The molecule has 0 saturated carbocycles. The highest BCUT2D eigenvalue weighted by molar-refractivity contribution is 5.78. The molecule has 2 aromatic rings. The van der Waals surface area contributed by atoms with Crippen LogP contribution < -0.4 is 0 Å². The van der Waals surface area contributed by atoms with E-state index >= 15 is 0 Å².